The first-order valence-electron chi connectivity index (χ1n) is 7.73. The molecule has 0 bridgehead atoms. The maximum atomic E-state index is 12.7. The summed E-state index contributed by atoms with van der Waals surface area (Å²) in [7, 11) is 0. The van der Waals surface area contributed by atoms with Crippen LogP contribution in [-0.2, 0) is 6.61 Å². The molecule has 0 spiro atoms. The Balaban J connectivity index is 1.92. The average molecular weight is 321 g/mol. The Morgan fingerprint density at radius 1 is 1.12 bits per heavy atom. The molecule has 1 amide bonds. The maximum Gasteiger partial charge on any atom is 0.259 e. The molecule has 3 rings (SSSR count). The first-order chi connectivity index (χ1) is 11.6. The molecule has 2 aromatic carbocycles. The largest absolute Gasteiger partial charge is 0.392 e. The third kappa shape index (κ3) is 3.07. The van der Waals surface area contributed by atoms with Crippen molar-refractivity contribution < 1.29 is 9.90 Å². The molecule has 2 N–H and O–H groups in total. The fourth-order valence-corrected chi connectivity index (χ4v) is 2.73. The second-order valence-electron chi connectivity index (χ2n) is 5.61. The summed E-state index contributed by atoms with van der Waals surface area (Å²) in [6, 6.07) is 16.9. The molecule has 1 heterocycles. The van der Waals surface area contributed by atoms with Crippen molar-refractivity contribution in [1.29, 1.82) is 0 Å². The molecule has 3 aromatic rings. The zero-order valence-electron chi connectivity index (χ0n) is 13.7. The Kier molecular flexibility index (Phi) is 4.44. The lowest BCUT2D eigenvalue weighted by atomic mass is 10.1. The summed E-state index contributed by atoms with van der Waals surface area (Å²) in [5.41, 5.74) is 4.34. The summed E-state index contributed by atoms with van der Waals surface area (Å²) in [5, 5.41) is 16.6. The summed E-state index contributed by atoms with van der Waals surface area (Å²) in [4.78, 5) is 12.7. The van der Waals surface area contributed by atoms with Crippen LogP contribution in [0, 0.1) is 13.8 Å². The number of nitrogens with zero attached hydrogens (tertiary/aromatic N) is 2. The number of carbonyl (C=O) groups is 1. The second kappa shape index (κ2) is 6.68. The molecule has 5 nitrogen and oxygen atoms in total. The van der Waals surface area contributed by atoms with Crippen molar-refractivity contribution in [3.05, 3.63) is 77.1 Å². The molecule has 0 aliphatic rings. The van der Waals surface area contributed by atoms with E-state index in [2.05, 4.69) is 10.4 Å². The Morgan fingerprint density at radius 3 is 2.58 bits per heavy atom. The lowest BCUT2D eigenvalue weighted by molar-refractivity contribution is 0.102. The van der Waals surface area contributed by atoms with Gasteiger partial charge in [0.1, 0.15) is 0 Å². The van der Waals surface area contributed by atoms with Gasteiger partial charge >= 0.3 is 0 Å². The number of aryl methyl sites for hydroxylation is 1. The summed E-state index contributed by atoms with van der Waals surface area (Å²) in [6.45, 7) is 3.64. The molecular formula is C19H19N3O2. The SMILES string of the molecule is Cc1nn(-c2ccccc2)c(C)c1C(=O)Nc1cccc(CO)c1. The van der Waals surface area contributed by atoms with Crippen LogP contribution < -0.4 is 5.32 Å². The lowest BCUT2D eigenvalue weighted by Crippen LogP contribution is -2.14. The normalized spacial score (nSPS) is 10.6. The molecule has 0 aliphatic heterocycles. The predicted molar refractivity (Wildman–Crippen MR) is 93.4 cm³/mol. The van der Waals surface area contributed by atoms with Gasteiger partial charge in [0, 0.05) is 5.69 Å². The van der Waals surface area contributed by atoms with Gasteiger partial charge in [-0.05, 0) is 43.7 Å². The second-order valence-corrected chi connectivity index (χ2v) is 5.61. The first kappa shape index (κ1) is 16.0. The van der Waals surface area contributed by atoms with Crippen LogP contribution in [0.25, 0.3) is 5.69 Å². The lowest BCUT2D eigenvalue weighted by Gasteiger charge is -2.08. The van der Waals surface area contributed by atoms with Crippen molar-refractivity contribution in [3.63, 3.8) is 0 Å². The molecule has 0 unspecified atom stereocenters. The summed E-state index contributed by atoms with van der Waals surface area (Å²) >= 11 is 0. The summed E-state index contributed by atoms with van der Waals surface area (Å²) in [6.07, 6.45) is 0. The number of rotatable bonds is 4. The number of aliphatic hydroxyl groups is 1. The van der Waals surface area contributed by atoms with Crippen molar-refractivity contribution in [2.75, 3.05) is 5.32 Å². The highest BCUT2D eigenvalue weighted by atomic mass is 16.3. The number of aromatic nitrogens is 2. The van der Waals surface area contributed by atoms with Crippen molar-refractivity contribution in [1.82, 2.24) is 9.78 Å². The van der Waals surface area contributed by atoms with Gasteiger partial charge in [0.15, 0.2) is 0 Å². The quantitative estimate of drug-likeness (QED) is 0.775. The highest BCUT2D eigenvalue weighted by molar-refractivity contribution is 6.06. The minimum atomic E-state index is -0.206. The van der Waals surface area contributed by atoms with E-state index in [0.29, 0.717) is 16.9 Å². The number of hydrogen-bond acceptors (Lipinski definition) is 3. The van der Waals surface area contributed by atoms with Gasteiger partial charge in [-0.3, -0.25) is 4.79 Å². The van der Waals surface area contributed by atoms with Gasteiger partial charge in [-0.2, -0.15) is 5.10 Å². The molecule has 0 saturated carbocycles. The van der Waals surface area contributed by atoms with Gasteiger partial charge in [0.05, 0.1) is 29.2 Å². The zero-order valence-corrected chi connectivity index (χ0v) is 13.7. The fraction of sp³-hybridized carbons (Fsp3) is 0.158. The Hall–Kier alpha value is -2.92. The smallest absolute Gasteiger partial charge is 0.259 e. The number of benzene rings is 2. The van der Waals surface area contributed by atoms with Crippen LogP contribution >= 0.6 is 0 Å². The van der Waals surface area contributed by atoms with E-state index in [-0.39, 0.29) is 12.5 Å². The van der Waals surface area contributed by atoms with E-state index in [9.17, 15) is 9.90 Å². The zero-order chi connectivity index (χ0) is 17.1. The van der Waals surface area contributed by atoms with Crippen LogP contribution in [0.1, 0.15) is 27.3 Å². The van der Waals surface area contributed by atoms with Crippen LogP contribution in [0.2, 0.25) is 0 Å². The van der Waals surface area contributed by atoms with Gasteiger partial charge in [0.2, 0.25) is 0 Å². The van der Waals surface area contributed by atoms with Gasteiger partial charge in [0.25, 0.3) is 5.91 Å². The van der Waals surface area contributed by atoms with Gasteiger partial charge in [-0.15, -0.1) is 0 Å². The number of para-hydroxylation sites is 1. The number of nitrogens with one attached hydrogen (secondary N) is 1. The molecule has 24 heavy (non-hydrogen) atoms. The molecule has 5 heteroatoms. The van der Waals surface area contributed by atoms with E-state index in [4.69, 9.17) is 0 Å². The first-order valence-corrected chi connectivity index (χ1v) is 7.73. The number of aliphatic hydroxyl groups excluding tert-OH is 1. The minimum Gasteiger partial charge on any atom is -0.392 e. The van der Waals surface area contributed by atoms with E-state index in [1.54, 1.807) is 28.9 Å². The standard InChI is InChI=1S/C19H19N3O2/c1-13-18(14(2)22(21-13)17-9-4-3-5-10-17)19(24)20-16-8-6-7-15(11-16)12-23/h3-11,23H,12H2,1-2H3,(H,20,24). The summed E-state index contributed by atoms with van der Waals surface area (Å²) < 4.78 is 1.77. The third-order valence-corrected chi connectivity index (χ3v) is 3.89. The van der Waals surface area contributed by atoms with Crippen molar-refractivity contribution in [2.45, 2.75) is 20.5 Å². The number of amides is 1. The Morgan fingerprint density at radius 2 is 1.88 bits per heavy atom. The summed E-state index contributed by atoms with van der Waals surface area (Å²) in [5.74, 6) is -0.206. The van der Waals surface area contributed by atoms with E-state index < -0.39 is 0 Å². The van der Waals surface area contributed by atoms with Crippen molar-refractivity contribution in [3.8, 4) is 5.69 Å². The molecule has 0 atom stereocenters. The number of anilines is 1. The molecule has 0 radical (unpaired) electrons. The average Bonchev–Trinajstić information content (AvgIpc) is 2.90. The Labute approximate surface area is 140 Å². The van der Waals surface area contributed by atoms with Crippen LogP contribution in [0.5, 0.6) is 0 Å². The van der Waals surface area contributed by atoms with Gasteiger partial charge in [-0.25, -0.2) is 4.68 Å². The molecule has 1 aromatic heterocycles. The van der Waals surface area contributed by atoms with E-state index in [0.717, 1.165) is 16.9 Å². The minimum absolute atomic E-state index is 0.0618. The molecule has 0 fully saturated rings. The predicted octanol–water partition coefficient (Wildman–Crippen LogP) is 3.23. The van der Waals surface area contributed by atoms with Crippen LogP contribution in [0.4, 0.5) is 5.69 Å². The van der Waals surface area contributed by atoms with Crippen LogP contribution in [-0.4, -0.2) is 20.8 Å². The van der Waals surface area contributed by atoms with Crippen molar-refractivity contribution >= 4 is 11.6 Å². The molecule has 0 saturated heterocycles. The monoisotopic (exact) mass is 321 g/mol. The molecule has 122 valence electrons. The maximum absolute atomic E-state index is 12.7. The van der Waals surface area contributed by atoms with Crippen LogP contribution in [0.3, 0.4) is 0 Å². The van der Waals surface area contributed by atoms with Gasteiger partial charge < -0.3 is 10.4 Å². The van der Waals surface area contributed by atoms with Crippen LogP contribution in [0.15, 0.2) is 54.6 Å². The Bertz CT molecular complexity index is 870. The highest BCUT2D eigenvalue weighted by Gasteiger charge is 2.19. The van der Waals surface area contributed by atoms with E-state index in [1.165, 1.54) is 0 Å². The highest BCUT2D eigenvalue weighted by Crippen LogP contribution is 2.20. The van der Waals surface area contributed by atoms with Crippen molar-refractivity contribution in [2.24, 2.45) is 0 Å². The van der Waals surface area contributed by atoms with E-state index in [1.807, 2.05) is 44.2 Å². The fourth-order valence-electron chi connectivity index (χ4n) is 2.73. The topological polar surface area (TPSA) is 67.2 Å². The van der Waals surface area contributed by atoms with E-state index >= 15 is 0 Å². The number of hydrogen-bond donors (Lipinski definition) is 2. The molecule has 0 aliphatic carbocycles. The third-order valence-electron chi connectivity index (χ3n) is 3.89. The molecular weight excluding hydrogens is 302 g/mol. The number of carbonyl (C=O) groups excluding carboxylic acids is 1. The van der Waals surface area contributed by atoms with Gasteiger partial charge in [-0.1, -0.05) is 30.3 Å².